The van der Waals surface area contributed by atoms with Crippen molar-refractivity contribution in [3.8, 4) is 0 Å². The third kappa shape index (κ3) is 5.38. The molecule has 0 aliphatic carbocycles. The van der Waals surface area contributed by atoms with Crippen molar-refractivity contribution < 1.29 is 14.0 Å². The first-order valence-corrected chi connectivity index (χ1v) is 11.7. The summed E-state index contributed by atoms with van der Waals surface area (Å²) >= 11 is 1.67. The van der Waals surface area contributed by atoms with Crippen LogP contribution in [0.25, 0.3) is 0 Å². The van der Waals surface area contributed by atoms with Crippen LogP contribution in [0, 0.1) is 0 Å². The zero-order chi connectivity index (χ0) is 22.3. The van der Waals surface area contributed by atoms with Gasteiger partial charge in [-0.25, -0.2) is 0 Å². The maximum atomic E-state index is 12.5. The van der Waals surface area contributed by atoms with Crippen LogP contribution in [0.3, 0.4) is 0 Å². The number of furan rings is 1. The molecule has 8 heteroatoms. The molecule has 1 saturated heterocycles. The van der Waals surface area contributed by atoms with Gasteiger partial charge in [-0.2, -0.15) is 0 Å². The lowest BCUT2D eigenvalue weighted by Crippen LogP contribution is -2.53. The SMILES string of the molecule is C[C@@H](NC(=O)C(=O)NCc1ccco1)[C@H](c1cccs1)N1CCN(c2ccccc2)CC1. The van der Waals surface area contributed by atoms with Gasteiger partial charge in [-0.1, -0.05) is 24.3 Å². The van der Waals surface area contributed by atoms with E-state index in [0.29, 0.717) is 5.76 Å². The molecule has 4 rings (SSSR count). The third-order valence-corrected chi connectivity index (χ3v) is 6.65. The molecule has 3 heterocycles. The predicted molar refractivity (Wildman–Crippen MR) is 125 cm³/mol. The fourth-order valence-electron chi connectivity index (χ4n) is 4.11. The molecule has 1 aliphatic heterocycles. The Labute approximate surface area is 192 Å². The molecular weight excluding hydrogens is 424 g/mol. The van der Waals surface area contributed by atoms with E-state index < -0.39 is 11.8 Å². The molecule has 0 unspecified atom stereocenters. The number of nitrogens with zero attached hydrogens (tertiary/aromatic N) is 2. The first kappa shape index (κ1) is 22.1. The third-order valence-electron chi connectivity index (χ3n) is 5.71. The summed E-state index contributed by atoms with van der Waals surface area (Å²) in [7, 11) is 0. The van der Waals surface area contributed by atoms with Crippen molar-refractivity contribution in [2.24, 2.45) is 0 Å². The molecule has 2 aromatic heterocycles. The first-order chi connectivity index (χ1) is 15.6. The molecule has 0 bridgehead atoms. The number of hydrogen-bond acceptors (Lipinski definition) is 6. The molecular formula is C24H28N4O3S. The van der Waals surface area contributed by atoms with Gasteiger partial charge in [0.2, 0.25) is 0 Å². The fraction of sp³-hybridized carbons (Fsp3) is 0.333. The molecule has 1 fully saturated rings. The van der Waals surface area contributed by atoms with Crippen LogP contribution in [0.15, 0.2) is 70.7 Å². The molecule has 2 atom stereocenters. The summed E-state index contributed by atoms with van der Waals surface area (Å²) in [5.74, 6) is -0.687. The molecule has 2 amide bonds. The molecule has 1 aromatic carbocycles. The fourth-order valence-corrected chi connectivity index (χ4v) is 5.08. The van der Waals surface area contributed by atoms with E-state index in [1.807, 2.05) is 24.4 Å². The Morgan fingerprint density at radius 3 is 2.44 bits per heavy atom. The molecule has 3 aromatic rings. The average molecular weight is 453 g/mol. The van der Waals surface area contributed by atoms with E-state index in [0.717, 1.165) is 26.2 Å². The summed E-state index contributed by atoms with van der Waals surface area (Å²) in [6.45, 7) is 5.73. The predicted octanol–water partition coefficient (Wildman–Crippen LogP) is 3.03. The van der Waals surface area contributed by atoms with E-state index in [1.165, 1.54) is 16.8 Å². The standard InChI is InChI=1S/C24H28N4O3S/c1-18(26-24(30)23(29)25-17-20-9-5-15-31-20)22(21-10-6-16-32-21)28-13-11-27(12-14-28)19-7-3-2-4-8-19/h2-10,15-16,18,22H,11-14,17H2,1H3,(H,25,29)(H,26,30)/t18-,22-/m1/s1. The summed E-state index contributed by atoms with van der Waals surface area (Å²) < 4.78 is 5.20. The Bertz CT molecular complexity index is 984. The molecule has 1 aliphatic rings. The van der Waals surface area contributed by atoms with Crippen LogP contribution >= 0.6 is 11.3 Å². The second-order valence-electron chi connectivity index (χ2n) is 7.84. The Morgan fingerprint density at radius 2 is 1.78 bits per heavy atom. The highest BCUT2D eigenvalue weighted by Gasteiger charge is 2.31. The van der Waals surface area contributed by atoms with Crippen LogP contribution in [-0.2, 0) is 16.1 Å². The topological polar surface area (TPSA) is 77.8 Å². The second-order valence-corrected chi connectivity index (χ2v) is 8.82. The minimum absolute atomic E-state index is 0.00903. The number of piperazine rings is 1. The van der Waals surface area contributed by atoms with Gasteiger partial charge in [0, 0.05) is 42.8 Å². The van der Waals surface area contributed by atoms with E-state index in [9.17, 15) is 9.59 Å². The molecule has 0 spiro atoms. The molecule has 0 radical (unpaired) electrons. The second kappa shape index (κ2) is 10.5. The zero-order valence-corrected chi connectivity index (χ0v) is 18.9. The molecule has 0 saturated carbocycles. The molecule has 168 valence electrons. The van der Waals surface area contributed by atoms with Gasteiger partial charge in [-0.15, -0.1) is 11.3 Å². The van der Waals surface area contributed by atoms with Gasteiger partial charge in [0.05, 0.1) is 18.8 Å². The van der Waals surface area contributed by atoms with E-state index in [1.54, 1.807) is 23.5 Å². The normalized spacial score (nSPS) is 16.3. The highest BCUT2D eigenvalue weighted by molar-refractivity contribution is 7.10. The Morgan fingerprint density at radius 1 is 1.00 bits per heavy atom. The number of para-hydroxylation sites is 1. The minimum Gasteiger partial charge on any atom is -0.467 e. The van der Waals surface area contributed by atoms with Crippen LogP contribution in [-0.4, -0.2) is 48.9 Å². The maximum absolute atomic E-state index is 12.5. The minimum atomic E-state index is -0.660. The summed E-state index contributed by atoms with van der Waals surface area (Å²) in [6, 6.07) is 17.8. The van der Waals surface area contributed by atoms with Crippen LogP contribution in [0.5, 0.6) is 0 Å². The highest BCUT2D eigenvalue weighted by atomic mass is 32.1. The lowest BCUT2D eigenvalue weighted by Gasteiger charge is -2.42. The van der Waals surface area contributed by atoms with Crippen molar-refractivity contribution in [1.29, 1.82) is 0 Å². The number of nitrogens with one attached hydrogen (secondary N) is 2. The van der Waals surface area contributed by atoms with E-state index in [4.69, 9.17) is 4.42 Å². The van der Waals surface area contributed by atoms with Crippen molar-refractivity contribution in [1.82, 2.24) is 15.5 Å². The molecule has 7 nitrogen and oxygen atoms in total. The number of hydrogen-bond donors (Lipinski definition) is 2. The van der Waals surface area contributed by atoms with Gasteiger partial charge in [0.25, 0.3) is 0 Å². The molecule has 32 heavy (non-hydrogen) atoms. The Kier molecular flexibility index (Phi) is 7.24. The van der Waals surface area contributed by atoms with Crippen LogP contribution in [0.2, 0.25) is 0 Å². The van der Waals surface area contributed by atoms with Crippen molar-refractivity contribution in [3.63, 3.8) is 0 Å². The van der Waals surface area contributed by atoms with Crippen LogP contribution < -0.4 is 15.5 Å². The number of amides is 2. The number of thiophene rings is 1. The Hall–Kier alpha value is -3.10. The summed E-state index contributed by atoms with van der Waals surface area (Å²) in [6.07, 6.45) is 1.53. The first-order valence-electron chi connectivity index (χ1n) is 10.8. The lowest BCUT2D eigenvalue weighted by molar-refractivity contribution is -0.140. The quantitative estimate of drug-likeness (QED) is 0.539. The molecule has 2 N–H and O–H groups in total. The van der Waals surface area contributed by atoms with Crippen molar-refractivity contribution in [3.05, 3.63) is 76.9 Å². The highest BCUT2D eigenvalue weighted by Crippen LogP contribution is 2.30. The number of benzene rings is 1. The number of carbonyl (C=O) groups excluding carboxylic acids is 2. The average Bonchev–Trinajstić information content (AvgIpc) is 3.53. The monoisotopic (exact) mass is 452 g/mol. The van der Waals surface area contributed by atoms with E-state index >= 15 is 0 Å². The lowest BCUT2D eigenvalue weighted by atomic mass is 10.0. The van der Waals surface area contributed by atoms with Crippen molar-refractivity contribution >= 4 is 28.8 Å². The smallest absolute Gasteiger partial charge is 0.309 e. The van der Waals surface area contributed by atoms with Gasteiger partial charge >= 0.3 is 11.8 Å². The van der Waals surface area contributed by atoms with E-state index in [-0.39, 0.29) is 18.6 Å². The number of carbonyl (C=O) groups is 2. The number of anilines is 1. The van der Waals surface area contributed by atoms with Gasteiger partial charge in [-0.3, -0.25) is 14.5 Å². The summed E-state index contributed by atoms with van der Waals surface area (Å²) in [5.41, 5.74) is 1.23. The Balaban J connectivity index is 1.37. The summed E-state index contributed by atoms with van der Waals surface area (Å²) in [5, 5.41) is 7.56. The van der Waals surface area contributed by atoms with Gasteiger partial charge < -0.3 is 20.0 Å². The largest absolute Gasteiger partial charge is 0.467 e. The summed E-state index contributed by atoms with van der Waals surface area (Å²) in [4.78, 5) is 30.8. The van der Waals surface area contributed by atoms with E-state index in [2.05, 4.69) is 50.8 Å². The van der Waals surface area contributed by atoms with Crippen molar-refractivity contribution in [2.75, 3.05) is 31.1 Å². The van der Waals surface area contributed by atoms with Gasteiger partial charge in [0.1, 0.15) is 5.76 Å². The van der Waals surface area contributed by atoms with Crippen molar-refractivity contribution in [2.45, 2.75) is 25.6 Å². The van der Waals surface area contributed by atoms with Crippen LogP contribution in [0.1, 0.15) is 23.6 Å². The van der Waals surface area contributed by atoms with Gasteiger partial charge in [-0.05, 0) is 42.6 Å². The van der Waals surface area contributed by atoms with Gasteiger partial charge in [0.15, 0.2) is 0 Å². The van der Waals surface area contributed by atoms with Crippen LogP contribution in [0.4, 0.5) is 5.69 Å². The zero-order valence-electron chi connectivity index (χ0n) is 18.1. The number of rotatable bonds is 7. The maximum Gasteiger partial charge on any atom is 0.309 e.